The topological polar surface area (TPSA) is 50.4 Å². The maximum atomic E-state index is 12.0. The predicted molar refractivity (Wildman–Crippen MR) is 112 cm³/mol. The molecule has 0 spiro atoms. The van der Waals surface area contributed by atoms with Gasteiger partial charge in [0.2, 0.25) is 5.91 Å². The van der Waals surface area contributed by atoms with E-state index in [9.17, 15) is 4.79 Å². The summed E-state index contributed by atoms with van der Waals surface area (Å²) in [6.07, 6.45) is 5.06. The Kier molecular flexibility index (Phi) is 8.12. The molecule has 0 aromatic heterocycles. The number of carbonyl (C=O) groups excluding carboxylic acids is 1. The van der Waals surface area contributed by atoms with Crippen LogP contribution in [0.3, 0.4) is 0 Å². The Morgan fingerprint density at radius 1 is 1.19 bits per heavy atom. The lowest BCUT2D eigenvalue weighted by molar-refractivity contribution is -0.115. The number of carbonyl (C=O) groups is 1. The minimum absolute atomic E-state index is 0.199. The summed E-state index contributed by atoms with van der Waals surface area (Å²) in [6, 6.07) is 14.7. The highest BCUT2D eigenvalue weighted by atomic mass is 35.5. The summed E-state index contributed by atoms with van der Waals surface area (Å²) in [6.45, 7) is 2.74. The van der Waals surface area contributed by atoms with Gasteiger partial charge in [0.05, 0.1) is 12.3 Å². The van der Waals surface area contributed by atoms with Gasteiger partial charge >= 0.3 is 0 Å². The fraction of sp³-hybridized carbons (Fsp3) is 0.200. The first-order valence-electron chi connectivity index (χ1n) is 8.36. The lowest BCUT2D eigenvalue weighted by Crippen LogP contribution is -2.32. The minimum Gasteiger partial charge on any atom is -0.491 e. The molecule has 26 heavy (non-hydrogen) atoms. The summed E-state index contributed by atoms with van der Waals surface area (Å²) >= 11 is 11.3. The second-order valence-corrected chi connectivity index (χ2v) is 6.31. The normalized spacial score (nSPS) is 10.5. The van der Waals surface area contributed by atoms with Gasteiger partial charge in [0.25, 0.3) is 0 Å². The second kappa shape index (κ2) is 10.6. The highest BCUT2D eigenvalue weighted by Crippen LogP contribution is 2.24. The molecular weight excluding hydrogens is 368 g/mol. The molecule has 0 unspecified atom stereocenters. The van der Waals surface area contributed by atoms with Crippen LogP contribution >= 0.6 is 23.8 Å². The van der Waals surface area contributed by atoms with Crippen molar-refractivity contribution in [2.75, 3.05) is 11.9 Å². The lowest BCUT2D eigenvalue weighted by Gasteiger charge is -2.13. The third-order valence-corrected chi connectivity index (χ3v) is 4.00. The van der Waals surface area contributed by atoms with Crippen LogP contribution in [0.5, 0.6) is 5.75 Å². The van der Waals surface area contributed by atoms with Crippen molar-refractivity contribution in [3.63, 3.8) is 0 Å². The minimum atomic E-state index is -0.341. The fourth-order valence-corrected chi connectivity index (χ4v) is 2.51. The van der Waals surface area contributed by atoms with Gasteiger partial charge in [0.15, 0.2) is 5.11 Å². The molecule has 0 saturated carbocycles. The van der Waals surface area contributed by atoms with Crippen molar-refractivity contribution in [3.8, 4) is 5.75 Å². The van der Waals surface area contributed by atoms with Gasteiger partial charge in [-0.2, -0.15) is 0 Å². The summed E-state index contributed by atoms with van der Waals surface area (Å²) in [5, 5.41) is 6.38. The maximum absolute atomic E-state index is 12.0. The van der Waals surface area contributed by atoms with Crippen molar-refractivity contribution in [1.29, 1.82) is 0 Å². The molecule has 0 fully saturated rings. The quantitative estimate of drug-likeness (QED) is 0.396. The van der Waals surface area contributed by atoms with E-state index < -0.39 is 0 Å². The van der Waals surface area contributed by atoms with Crippen LogP contribution in [0.1, 0.15) is 25.3 Å². The average Bonchev–Trinajstić information content (AvgIpc) is 2.62. The molecule has 6 heteroatoms. The van der Waals surface area contributed by atoms with E-state index in [0.29, 0.717) is 23.1 Å². The van der Waals surface area contributed by atoms with Crippen molar-refractivity contribution < 1.29 is 9.53 Å². The number of amides is 1. The number of rotatable bonds is 7. The van der Waals surface area contributed by atoms with E-state index in [0.717, 1.165) is 18.4 Å². The van der Waals surface area contributed by atoms with Crippen molar-refractivity contribution in [1.82, 2.24) is 5.32 Å². The number of anilines is 1. The molecule has 0 heterocycles. The van der Waals surface area contributed by atoms with Gasteiger partial charge in [-0.05, 0) is 48.5 Å². The Hall–Kier alpha value is -2.37. The molecule has 0 aliphatic rings. The Morgan fingerprint density at radius 2 is 1.92 bits per heavy atom. The van der Waals surface area contributed by atoms with Crippen molar-refractivity contribution >= 4 is 46.6 Å². The molecule has 0 aliphatic heterocycles. The van der Waals surface area contributed by atoms with Crippen molar-refractivity contribution in [3.05, 3.63) is 65.2 Å². The molecule has 4 nitrogen and oxygen atoms in total. The summed E-state index contributed by atoms with van der Waals surface area (Å²) in [4.78, 5) is 12.0. The van der Waals surface area contributed by atoms with Crippen LogP contribution in [0.2, 0.25) is 5.02 Å². The summed E-state index contributed by atoms with van der Waals surface area (Å²) in [5.74, 6) is 0.357. The van der Waals surface area contributed by atoms with E-state index in [1.165, 1.54) is 6.08 Å². The first kappa shape index (κ1) is 19.9. The monoisotopic (exact) mass is 388 g/mol. The van der Waals surface area contributed by atoms with Crippen LogP contribution < -0.4 is 15.4 Å². The number of benzene rings is 2. The first-order valence-corrected chi connectivity index (χ1v) is 9.15. The third-order valence-electron chi connectivity index (χ3n) is 3.45. The van der Waals surface area contributed by atoms with Crippen LogP contribution in [-0.4, -0.2) is 17.6 Å². The zero-order valence-corrected chi connectivity index (χ0v) is 16.1. The molecule has 2 aromatic carbocycles. The Morgan fingerprint density at radius 3 is 2.69 bits per heavy atom. The Balaban J connectivity index is 1.92. The number of thiocarbonyl (C=S) groups is 1. The van der Waals surface area contributed by atoms with E-state index in [1.807, 2.05) is 42.5 Å². The zero-order valence-electron chi connectivity index (χ0n) is 14.5. The molecule has 2 aromatic rings. The van der Waals surface area contributed by atoms with Gasteiger partial charge in [0.1, 0.15) is 5.75 Å². The van der Waals surface area contributed by atoms with Gasteiger partial charge in [0, 0.05) is 11.1 Å². The summed E-state index contributed by atoms with van der Waals surface area (Å²) < 4.78 is 5.74. The molecule has 0 atom stereocenters. The highest BCUT2D eigenvalue weighted by Gasteiger charge is 2.07. The number of unbranched alkanes of at least 4 members (excludes halogenated alkanes) is 1. The second-order valence-electron chi connectivity index (χ2n) is 5.50. The van der Waals surface area contributed by atoms with E-state index in [4.69, 9.17) is 28.6 Å². The van der Waals surface area contributed by atoms with Crippen LogP contribution in [0.15, 0.2) is 54.6 Å². The van der Waals surface area contributed by atoms with Crippen LogP contribution in [0.4, 0.5) is 5.69 Å². The van der Waals surface area contributed by atoms with Crippen LogP contribution in [0, 0.1) is 0 Å². The average molecular weight is 389 g/mol. The van der Waals surface area contributed by atoms with E-state index in [2.05, 4.69) is 17.6 Å². The van der Waals surface area contributed by atoms with Crippen LogP contribution in [0.25, 0.3) is 6.08 Å². The summed E-state index contributed by atoms with van der Waals surface area (Å²) in [7, 11) is 0. The smallest absolute Gasteiger partial charge is 0.250 e. The molecule has 0 bridgehead atoms. The largest absolute Gasteiger partial charge is 0.491 e. The number of hydrogen-bond acceptors (Lipinski definition) is 3. The first-order chi connectivity index (χ1) is 12.6. The van der Waals surface area contributed by atoms with Gasteiger partial charge in [-0.15, -0.1) is 0 Å². The lowest BCUT2D eigenvalue weighted by atomic mass is 10.2. The van der Waals surface area contributed by atoms with E-state index in [-0.39, 0.29) is 11.0 Å². The molecule has 1 amide bonds. The van der Waals surface area contributed by atoms with Gasteiger partial charge < -0.3 is 10.1 Å². The van der Waals surface area contributed by atoms with Gasteiger partial charge in [-0.1, -0.05) is 55.3 Å². The molecule has 0 aliphatic carbocycles. The fourth-order valence-electron chi connectivity index (χ4n) is 2.11. The van der Waals surface area contributed by atoms with Crippen LogP contribution in [-0.2, 0) is 4.79 Å². The highest BCUT2D eigenvalue weighted by molar-refractivity contribution is 7.80. The standard InChI is InChI=1S/C20H21ClN2O2S/c1-2-3-14-25-18-11-7-6-10-17(18)22-20(26)23-19(24)13-12-15-8-4-5-9-16(15)21/h4-13H,2-3,14H2,1H3,(H2,22,23,24,26)/b13-12+. The molecule has 0 radical (unpaired) electrons. The number of nitrogens with one attached hydrogen (secondary N) is 2. The third kappa shape index (κ3) is 6.50. The number of halogens is 1. The Bertz CT molecular complexity index is 793. The molecule has 2 rings (SSSR count). The van der Waals surface area contributed by atoms with Crippen molar-refractivity contribution in [2.45, 2.75) is 19.8 Å². The molecule has 2 N–H and O–H groups in total. The molecule has 0 saturated heterocycles. The summed E-state index contributed by atoms with van der Waals surface area (Å²) in [5.41, 5.74) is 1.47. The van der Waals surface area contributed by atoms with E-state index >= 15 is 0 Å². The van der Waals surface area contributed by atoms with E-state index in [1.54, 1.807) is 12.1 Å². The van der Waals surface area contributed by atoms with Gasteiger partial charge in [-0.3, -0.25) is 10.1 Å². The molecular formula is C20H21ClN2O2S. The SMILES string of the molecule is CCCCOc1ccccc1NC(=S)NC(=O)/C=C/c1ccccc1Cl. The molecule has 136 valence electrons. The maximum Gasteiger partial charge on any atom is 0.250 e. The van der Waals surface area contributed by atoms with Gasteiger partial charge in [-0.25, -0.2) is 0 Å². The van der Waals surface area contributed by atoms with Crippen molar-refractivity contribution in [2.24, 2.45) is 0 Å². The zero-order chi connectivity index (χ0) is 18.8. The Labute approximate surface area is 164 Å². The number of hydrogen-bond donors (Lipinski definition) is 2. The predicted octanol–water partition coefficient (Wildman–Crippen LogP) is 5.05. The number of ether oxygens (including phenoxy) is 1. The number of para-hydroxylation sites is 2.